The molecule has 0 aliphatic carbocycles. The molecule has 2 atom stereocenters. The van der Waals surface area contributed by atoms with Gasteiger partial charge in [0, 0.05) is 36.1 Å². The van der Waals surface area contributed by atoms with Crippen LogP contribution >= 0.6 is 0 Å². The third-order valence-corrected chi connectivity index (χ3v) is 3.32. The zero-order valence-corrected chi connectivity index (χ0v) is 10.4. The van der Waals surface area contributed by atoms with E-state index in [1.54, 1.807) is 12.3 Å². The summed E-state index contributed by atoms with van der Waals surface area (Å²) >= 11 is 0. The average Bonchev–Trinajstić information content (AvgIpc) is 2.28. The number of hydrogen-bond donors (Lipinski definition) is 1. The quantitative estimate of drug-likeness (QED) is 0.796. The molecule has 0 unspecified atom stereocenters. The number of aryl methyl sites for hydroxylation is 1. The number of piperidine rings is 1. The number of carbonyl (C=O) groups excluding carboxylic acids is 1. The molecule has 1 aliphatic rings. The van der Waals surface area contributed by atoms with Crippen molar-refractivity contribution in [1.82, 2.24) is 9.88 Å². The van der Waals surface area contributed by atoms with Crippen LogP contribution in [-0.2, 0) is 0 Å². The van der Waals surface area contributed by atoms with Gasteiger partial charge in [0.25, 0.3) is 5.91 Å². The van der Waals surface area contributed by atoms with Crippen molar-refractivity contribution in [1.29, 1.82) is 0 Å². The van der Waals surface area contributed by atoms with Crippen molar-refractivity contribution in [2.75, 3.05) is 6.54 Å². The topological polar surface area (TPSA) is 59.2 Å². The molecule has 1 aromatic rings. The lowest BCUT2D eigenvalue weighted by Gasteiger charge is -2.36. The Hall–Kier alpha value is -1.42. The third-order valence-electron chi connectivity index (χ3n) is 3.32. The molecule has 0 aromatic carbocycles. The van der Waals surface area contributed by atoms with E-state index in [1.807, 2.05) is 17.9 Å². The molecule has 4 nitrogen and oxygen atoms in total. The molecule has 2 N–H and O–H groups in total. The highest BCUT2D eigenvalue weighted by Crippen LogP contribution is 2.18. The summed E-state index contributed by atoms with van der Waals surface area (Å²) in [4.78, 5) is 18.3. The van der Waals surface area contributed by atoms with Crippen LogP contribution in [-0.4, -0.2) is 34.4 Å². The van der Waals surface area contributed by atoms with E-state index in [2.05, 4.69) is 11.9 Å². The molecule has 1 amide bonds. The normalized spacial score (nSPS) is 24.8. The van der Waals surface area contributed by atoms with Crippen LogP contribution in [0.1, 0.15) is 35.8 Å². The van der Waals surface area contributed by atoms with Crippen LogP contribution in [0, 0.1) is 6.92 Å². The Labute approximate surface area is 102 Å². The summed E-state index contributed by atoms with van der Waals surface area (Å²) in [5.74, 6) is 0.0925. The molecule has 92 valence electrons. The van der Waals surface area contributed by atoms with Crippen molar-refractivity contribution in [2.45, 2.75) is 38.8 Å². The lowest BCUT2D eigenvalue weighted by molar-refractivity contribution is 0.0619. The van der Waals surface area contributed by atoms with Crippen LogP contribution in [0.15, 0.2) is 18.3 Å². The Kier molecular flexibility index (Phi) is 3.43. The monoisotopic (exact) mass is 233 g/mol. The van der Waals surface area contributed by atoms with Crippen LogP contribution < -0.4 is 5.73 Å². The predicted molar refractivity (Wildman–Crippen MR) is 66.7 cm³/mol. The van der Waals surface area contributed by atoms with Gasteiger partial charge in [-0.15, -0.1) is 0 Å². The van der Waals surface area contributed by atoms with E-state index in [-0.39, 0.29) is 18.0 Å². The maximum absolute atomic E-state index is 12.3. The van der Waals surface area contributed by atoms with E-state index in [0.29, 0.717) is 0 Å². The number of hydrogen-bond acceptors (Lipinski definition) is 3. The molecule has 1 aliphatic heterocycles. The molecule has 0 radical (unpaired) electrons. The van der Waals surface area contributed by atoms with Crippen molar-refractivity contribution in [2.24, 2.45) is 5.73 Å². The molecule has 0 saturated carbocycles. The van der Waals surface area contributed by atoms with E-state index in [0.717, 1.165) is 30.6 Å². The summed E-state index contributed by atoms with van der Waals surface area (Å²) in [7, 11) is 0. The zero-order chi connectivity index (χ0) is 12.4. The number of nitrogens with zero attached hydrogens (tertiary/aromatic N) is 2. The minimum Gasteiger partial charge on any atom is -0.336 e. The first kappa shape index (κ1) is 12.0. The summed E-state index contributed by atoms with van der Waals surface area (Å²) < 4.78 is 0. The van der Waals surface area contributed by atoms with Gasteiger partial charge in [0.15, 0.2) is 0 Å². The van der Waals surface area contributed by atoms with Crippen LogP contribution in [0.5, 0.6) is 0 Å². The minimum atomic E-state index is 0.0925. The highest BCUT2D eigenvalue weighted by atomic mass is 16.2. The molecule has 1 saturated heterocycles. The van der Waals surface area contributed by atoms with Gasteiger partial charge in [0.2, 0.25) is 0 Å². The fraction of sp³-hybridized carbons (Fsp3) is 0.538. The van der Waals surface area contributed by atoms with Gasteiger partial charge in [-0.2, -0.15) is 0 Å². The summed E-state index contributed by atoms with van der Waals surface area (Å²) in [6, 6.07) is 4.06. The van der Waals surface area contributed by atoms with E-state index in [1.165, 1.54) is 0 Å². The van der Waals surface area contributed by atoms with Crippen molar-refractivity contribution >= 4 is 5.91 Å². The molecular weight excluding hydrogens is 214 g/mol. The standard InChI is InChI=1S/C13H19N3O/c1-9-7-11(3-5-15-9)13(17)16-6-4-12(14)8-10(16)2/h3,5,7,10,12H,4,6,8,14H2,1-2H3/t10-,12-/m1/s1. The van der Waals surface area contributed by atoms with Crippen molar-refractivity contribution < 1.29 is 4.79 Å². The fourth-order valence-corrected chi connectivity index (χ4v) is 2.35. The molecule has 1 fully saturated rings. The number of amides is 1. The zero-order valence-electron chi connectivity index (χ0n) is 10.4. The van der Waals surface area contributed by atoms with Crippen LogP contribution in [0.4, 0.5) is 0 Å². The Morgan fingerprint density at radius 3 is 3.00 bits per heavy atom. The Morgan fingerprint density at radius 2 is 2.35 bits per heavy atom. The first-order chi connectivity index (χ1) is 8.08. The minimum absolute atomic E-state index is 0.0925. The lowest BCUT2D eigenvalue weighted by Crippen LogP contribution is -2.48. The number of pyridine rings is 1. The van der Waals surface area contributed by atoms with Gasteiger partial charge in [0.1, 0.15) is 0 Å². The van der Waals surface area contributed by atoms with Gasteiger partial charge in [-0.1, -0.05) is 0 Å². The molecule has 0 bridgehead atoms. The predicted octanol–water partition coefficient (Wildman–Crippen LogP) is 1.34. The number of nitrogens with two attached hydrogens (primary N) is 1. The summed E-state index contributed by atoms with van der Waals surface area (Å²) in [5.41, 5.74) is 7.50. The fourth-order valence-electron chi connectivity index (χ4n) is 2.35. The molecular formula is C13H19N3O. The smallest absolute Gasteiger partial charge is 0.254 e. The van der Waals surface area contributed by atoms with E-state index >= 15 is 0 Å². The van der Waals surface area contributed by atoms with Gasteiger partial charge in [-0.05, 0) is 38.8 Å². The second-order valence-electron chi connectivity index (χ2n) is 4.82. The summed E-state index contributed by atoms with van der Waals surface area (Å²) in [6.45, 7) is 4.71. The number of likely N-dealkylation sites (tertiary alicyclic amines) is 1. The SMILES string of the molecule is Cc1cc(C(=O)N2CC[C@@H](N)C[C@H]2C)ccn1. The van der Waals surface area contributed by atoms with Crippen molar-refractivity contribution in [3.05, 3.63) is 29.6 Å². The van der Waals surface area contributed by atoms with Gasteiger partial charge < -0.3 is 10.6 Å². The summed E-state index contributed by atoms with van der Waals surface area (Å²) in [5, 5.41) is 0. The van der Waals surface area contributed by atoms with Crippen LogP contribution in [0.3, 0.4) is 0 Å². The molecule has 1 aromatic heterocycles. The molecule has 17 heavy (non-hydrogen) atoms. The third kappa shape index (κ3) is 2.64. The second-order valence-corrected chi connectivity index (χ2v) is 4.82. The van der Waals surface area contributed by atoms with Gasteiger partial charge in [-0.3, -0.25) is 9.78 Å². The molecule has 0 spiro atoms. The Balaban J connectivity index is 2.15. The molecule has 2 heterocycles. The molecule has 4 heteroatoms. The largest absolute Gasteiger partial charge is 0.336 e. The highest BCUT2D eigenvalue weighted by molar-refractivity contribution is 5.94. The molecule has 2 rings (SSSR count). The first-order valence-corrected chi connectivity index (χ1v) is 6.07. The number of rotatable bonds is 1. The maximum atomic E-state index is 12.3. The second kappa shape index (κ2) is 4.84. The Bertz CT molecular complexity index is 419. The van der Waals surface area contributed by atoms with Crippen LogP contribution in [0.2, 0.25) is 0 Å². The van der Waals surface area contributed by atoms with Crippen LogP contribution in [0.25, 0.3) is 0 Å². The van der Waals surface area contributed by atoms with Crippen molar-refractivity contribution in [3.8, 4) is 0 Å². The lowest BCUT2D eigenvalue weighted by atomic mass is 9.98. The van der Waals surface area contributed by atoms with E-state index in [9.17, 15) is 4.79 Å². The van der Waals surface area contributed by atoms with Gasteiger partial charge >= 0.3 is 0 Å². The first-order valence-electron chi connectivity index (χ1n) is 6.07. The maximum Gasteiger partial charge on any atom is 0.254 e. The average molecular weight is 233 g/mol. The highest BCUT2D eigenvalue weighted by Gasteiger charge is 2.27. The summed E-state index contributed by atoms with van der Waals surface area (Å²) in [6.07, 6.45) is 3.46. The number of carbonyl (C=O) groups is 1. The van der Waals surface area contributed by atoms with E-state index in [4.69, 9.17) is 5.73 Å². The van der Waals surface area contributed by atoms with Gasteiger partial charge in [0.05, 0.1) is 0 Å². The van der Waals surface area contributed by atoms with E-state index < -0.39 is 0 Å². The Morgan fingerprint density at radius 1 is 1.59 bits per heavy atom. The number of aromatic nitrogens is 1. The van der Waals surface area contributed by atoms with Crippen molar-refractivity contribution in [3.63, 3.8) is 0 Å². The van der Waals surface area contributed by atoms with Gasteiger partial charge in [-0.25, -0.2) is 0 Å².